The molecule has 0 spiro atoms. The maximum Gasteiger partial charge on any atom is 0.241 e. The highest BCUT2D eigenvalue weighted by molar-refractivity contribution is 7.91. The van der Waals surface area contributed by atoms with Crippen molar-refractivity contribution in [2.45, 2.75) is 69.0 Å². The molecule has 2 aliphatic carbocycles. The Morgan fingerprint density at radius 2 is 1.61 bits per heavy atom. The van der Waals surface area contributed by atoms with Crippen molar-refractivity contribution in [3.05, 3.63) is 10.4 Å². The van der Waals surface area contributed by atoms with Gasteiger partial charge in [-0.05, 0) is 37.1 Å². The number of hydrogen-bond donors (Lipinski definition) is 0. The van der Waals surface area contributed by atoms with Gasteiger partial charge in [-0.2, -0.15) is 0 Å². The summed E-state index contributed by atoms with van der Waals surface area (Å²) in [6.07, 6.45) is 9.56. The zero-order valence-corrected chi connectivity index (χ0v) is 11.5. The monoisotopic (exact) mass is 271 g/mol. The fourth-order valence-electron chi connectivity index (χ4n) is 3.56. The van der Waals surface area contributed by atoms with Gasteiger partial charge in [-0.15, -0.1) is 0 Å². The molecule has 0 saturated heterocycles. The van der Waals surface area contributed by atoms with E-state index in [2.05, 4.69) is 9.43 Å². The molecule has 0 N–H and O–H groups in total. The molecule has 5 nitrogen and oxygen atoms in total. The lowest BCUT2D eigenvalue weighted by molar-refractivity contribution is 0.267. The molecule has 0 atom stereocenters. The Hall–Kier alpha value is -0.740. The van der Waals surface area contributed by atoms with E-state index in [1.165, 1.54) is 12.8 Å². The predicted octanol–water partition coefficient (Wildman–Crippen LogP) is 3.91. The van der Waals surface area contributed by atoms with Crippen molar-refractivity contribution >= 4 is 10.0 Å². The third-order valence-electron chi connectivity index (χ3n) is 4.69. The molecule has 102 valence electrons. The van der Waals surface area contributed by atoms with E-state index in [-0.39, 0.29) is 0 Å². The second kappa shape index (κ2) is 5.49. The first-order valence-corrected chi connectivity index (χ1v) is 8.35. The summed E-state index contributed by atoms with van der Waals surface area (Å²) in [4.78, 5) is 2.54. The van der Waals surface area contributed by atoms with Crippen LogP contribution in [0.15, 0.2) is 4.52 Å². The molecule has 18 heavy (non-hydrogen) atoms. The minimum Gasteiger partial charge on any atom is -0.220 e. The molecule has 0 aromatic heterocycles. The van der Waals surface area contributed by atoms with Crippen molar-refractivity contribution in [2.75, 3.05) is 0 Å². The van der Waals surface area contributed by atoms with Gasteiger partial charge < -0.3 is 0 Å². The maximum atomic E-state index is 12.3. The van der Waals surface area contributed by atoms with E-state index in [1.807, 2.05) is 0 Å². The summed E-state index contributed by atoms with van der Waals surface area (Å²) in [6, 6.07) is 0. The second-order valence-corrected chi connectivity index (χ2v) is 7.70. The fraction of sp³-hybridized carbons (Fsp3) is 1.00. The quantitative estimate of drug-likeness (QED) is 0.433. The van der Waals surface area contributed by atoms with Crippen LogP contribution >= 0.6 is 0 Å². The minimum absolute atomic E-state index is 0.668. The van der Waals surface area contributed by atoms with Gasteiger partial charge in [0, 0.05) is 9.43 Å². The van der Waals surface area contributed by atoms with Crippen LogP contribution in [-0.4, -0.2) is 13.2 Å². The number of rotatable bonds is 2. The summed E-state index contributed by atoms with van der Waals surface area (Å²) in [7, 11) is -3.68. The van der Waals surface area contributed by atoms with E-state index in [9.17, 15) is 8.42 Å². The predicted molar refractivity (Wildman–Crippen MR) is 70.5 cm³/mol. The lowest BCUT2D eigenvalue weighted by Crippen LogP contribution is -2.39. The van der Waals surface area contributed by atoms with Gasteiger partial charge in [-0.1, -0.05) is 38.5 Å². The number of sulfonamides is 1. The average molecular weight is 271 g/mol. The van der Waals surface area contributed by atoms with Crippen LogP contribution in [0, 0.1) is 5.92 Å². The lowest BCUT2D eigenvalue weighted by atomic mass is 9.78. The fourth-order valence-corrected chi connectivity index (χ4v) is 5.01. The molecule has 2 rings (SSSR count). The molecule has 6 heteroatoms. The van der Waals surface area contributed by atoms with Gasteiger partial charge in [0.2, 0.25) is 10.0 Å². The van der Waals surface area contributed by atoms with Crippen LogP contribution in [0.1, 0.15) is 64.2 Å². The van der Waals surface area contributed by atoms with Crippen molar-refractivity contribution in [3.63, 3.8) is 0 Å². The normalized spacial score (nSPS) is 33.7. The van der Waals surface area contributed by atoms with Gasteiger partial charge in [0.15, 0.2) is 0 Å². The molecule has 2 fully saturated rings. The molecule has 0 aromatic carbocycles. The Balaban J connectivity index is 2.33. The summed E-state index contributed by atoms with van der Waals surface area (Å²) in [5, 5.41) is 0. The first kappa shape index (κ1) is 13.7. The molecular weight excluding hydrogens is 250 g/mol. The van der Waals surface area contributed by atoms with Crippen LogP contribution in [0.4, 0.5) is 0 Å². The van der Waals surface area contributed by atoms with Gasteiger partial charge in [-0.25, -0.2) is 8.42 Å². The molecule has 0 radical (unpaired) electrons. The largest absolute Gasteiger partial charge is 0.241 e. The lowest BCUT2D eigenvalue weighted by Gasteiger charge is -2.37. The number of azide groups is 1. The van der Waals surface area contributed by atoms with E-state index in [0.29, 0.717) is 25.2 Å². The van der Waals surface area contributed by atoms with Crippen LogP contribution in [0.2, 0.25) is 0 Å². The minimum atomic E-state index is -3.68. The molecular formula is C12H21N3O2S. The first-order chi connectivity index (χ1) is 8.60. The standard InChI is InChI=1S/C12H21N3O2S/c13-14-15-18(16,17)12-8-3-1-5-11(7-10-12)6-2-4-9-12/h11H,1-10H2. The van der Waals surface area contributed by atoms with Gasteiger partial charge in [0.25, 0.3) is 0 Å². The topological polar surface area (TPSA) is 82.9 Å². The van der Waals surface area contributed by atoms with Crippen LogP contribution in [0.5, 0.6) is 0 Å². The van der Waals surface area contributed by atoms with E-state index in [4.69, 9.17) is 5.53 Å². The van der Waals surface area contributed by atoms with Gasteiger partial charge in [0.1, 0.15) is 0 Å². The zero-order chi connectivity index (χ0) is 13.1. The third-order valence-corrected chi connectivity index (χ3v) is 6.68. The van der Waals surface area contributed by atoms with Crippen LogP contribution < -0.4 is 0 Å². The summed E-state index contributed by atoms with van der Waals surface area (Å²) >= 11 is 0. The Morgan fingerprint density at radius 3 is 2.17 bits per heavy atom. The van der Waals surface area contributed by atoms with Crippen molar-refractivity contribution in [1.29, 1.82) is 0 Å². The van der Waals surface area contributed by atoms with Gasteiger partial charge >= 0.3 is 0 Å². The summed E-state index contributed by atoms with van der Waals surface area (Å²) in [6.45, 7) is 0. The van der Waals surface area contributed by atoms with Crippen molar-refractivity contribution in [3.8, 4) is 0 Å². The Morgan fingerprint density at radius 1 is 1.00 bits per heavy atom. The SMILES string of the molecule is [N-]=[N+]=NS(=O)(=O)C12CCCCC(CCCC1)CC2. The summed E-state index contributed by atoms with van der Waals surface area (Å²) in [5.74, 6) is 0.672. The van der Waals surface area contributed by atoms with E-state index >= 15 is 0 Å². The maximum absolute atomic E-state index is 12.3. The van der Waals surface area contributed by atoms with E-state index < -0.39 is 14.8 Å². The Labute approximate surface area is 109 Å². The van der Waals surface area contributed by atoms with Crippen molar-refractivity contribution in [2.24, 2.45) is 10.4 Å². The molecule has 2 bridgehead atoms. The molecule has 0 aliphatic heterocycles. The number of hydrogen-bond acceptors (Lipinski definition) is 2. The molecule has 0 heterocycles. The third kappa shape index (κ3) is 2.64. The molecule has 2 aliphatic rings. The highest BCUT2D eigenvalue weighted by Crippen LogP contribution is 2.43. The molecule has 2 saturated carbocycles. The molecule has 0 amide bonds. The Kier molecular flexibility index (Phi) is 4.17. The van der Waals surface area contributed by atoms with Crippen LogP contribution in [0.3, 0.4) is 0 Å². The summed E-state index contributed by atoms with van der Waals surface area (Å²) < 4.78 is 26.9. The number of nitrogens with zero attached hydrogens (tertiary/aromatic N) is 3. The van der Waals surface area contributed by atoms with Crippen molar-refractivity contribution in [1.82, 2.24) is 0 Å². The molecule has 0 unspecified atom stereocenters. The summed E-state index contributed by atoms with van der Waals surface area (Å²) in [5.41, 5.74) is 8.49. The zero-order valence-electron chi connectivity index (χ0n) is 10.7. The number of fused-ring (bicyclic) bond motifs is 3. The highest BCUT2D eigenvalue weighted by Gasteiger charge is 2.43. The second-order valence-electron chi connectivity index (χ2n) is 5.73. The van der Waals surface area contributed by atoms with Gasteiger partial charge in [0.05, 0.1) is 4.75 Å². The highest BCUT2D eigenvalue weighted by atomic mass is 32.2. The average Bonchev–Trinajstić information content (AvgIpc) is 2.27. The molecule has 0 aromatic rings. The first-order valence-electron chi connectivity index (χ1n) is 6.91. The smallest absolute Gasteiger partial charge is 0.220 e. The van der Waals surface area contributed by atoms with Gasteiger partial charge in [-0.3, -0.25) is 0 Å². The van der Waals surface area contributed by atoms with E-state index in [0.717, 1.165) is 32.1 Å². The van der Waals surface area contributed by atoms with E-state index in [1.54, 1.807) is 0 Å². The van der Waals surface area contributed by atoms with Crippen molar-refractivity contribution < 1.29 is 8.42 Å². The Bertz CT molecular complexity index is 428. The van der Waals surface area contributed by atoms with Crippen LogP contribution in [-0.2, 0) is 10.0 Å². The van der Waals surface area contributed by atoms with Crippen LogP contribution in [0.25, 0.3) is 10.4 Å².